The molecule has 5 nitrogen and oxygen atoms in total. The van der Waals surface area contributed by atoms with Gasteiger partial charge in [0.15, 0.2) is 0 Å². The van der Waals surface area contributed by atoms with Gasteiger partial charge in [-0.15, -0.1) is 0 Å². The molecule has 2 aromatic rings. The molecule has 1 fully saturated rings. The Morgan fingerprint density at radius 1 is 1.24 bits per heavy atom. The second-order valence-corrected chi connectivity index (χ2v) is 10.2. The van der Waals surface area contributed by atoms with Gasteiger partial charge >= 0.3 is 0 Å². The monoisotopic (exact) mass is 475 g/mol. The molecule has 0 saturated heterocycles. The van der Waals surface area contributed by atoms with Crippen molar-refractivity contribution >= 4 is 27.5 Å². The van der Waals surface area contributed by atoms with Crippen LogP contribution in [0, 0.1) is 22.2 Å². The van der Waals surface area contributed by atoms with E-state index in [1.54, 1.807) is 18.2 Å². The fourth-order valence-electron chi connectivity index (χ4n) is 5.58. The number of aliphatic hydroxyl groups is 1. The van der Waals surface area contributed by atoms with Gasteiger partial charge in [0.25, 0.3) is 0 Å². The molecule has 1 aromatic carbocycles. The van der Waals surface area contributed by atoms with Gasteiger partial charge in [0, 0.05) is 35.0 Å². The van der Waals surface area contributed by atoms with E-state index in [-0.39, 0.29) is 23.0 Å². The zero-order valence-electron chi connectivity index (χ0n) is 16.8. The Balaban J connectivity index is 1.59. The van der Waals surface area contributed by atoms with Crippen molar-refractivity contribution in [2.75, 3.05) is 0 Å². The lowest BCUT2D eigenvalue weighted by atomic mass is 9.49. The number of aromatic nitrogens is 1. The number of aliphatic hydroxyl groups excluding tert-OH is 1. The first kappa shape index (κ1) is 20.6. The molecule has 2 aliphatic rings. The summed E-state index contributed by atoms with van der Waals surface area (Å²) in [7, 11) is 0. The van der Waals surface area contributed by atoms with E-state index in [1.165, 1.54) is 0 Å². The van der Waals surface area contributed by atoms with Gasteiger partial charge in [0.1, 0.15) is 28.8 Å². The van der Waals surface area contributed by atoms with Crippen LogP contribution in [-0.2, 0) is 6.54 Å². The Labute approximate surface area is 184 Å². The Kier molecular flexibility index (Phi) is 4.94. The minimum absolute atomic E-state index is 0.0837. The van der Waals surface area contributed by atoms with E-state index in [2.05, 4.69) is 59.6 Å². The van der Waals surface area contributed by atoms with E-state index < -0.39 is 6.23 Å². The summed E-state index contributed by atoms with van der Waals surface area (Å²) in [4.78, 5) is 6.67. The average molecular weight is 477 g/mol. The molecule has 1 aromatic heterocycles. The Hall–Kier alpha value is -1.65. The fourth-order valence-corrected chi connectivity index (χ4v) is 6.14. The van der Waals surface area contributed by atoms with Crippen LogP contribution in [-0.4, -0.2) is 27.1 Å². The summed E-state index contributed by atoms with van der Waals surface area (Å²) < 4.78 is 7.13. The molecule has 1 saturated carbocycles. The third kappa shape index (κ3) is 3.16. The number of hydrogen-bond donors (Lipinski definition) is 1. The minimum atomic E-state index is -0.681. The van der Waals surface area contributed by atoms with E-state index in [4.69, 9.17) is 21.6 Å². The molecule has 152 valence electrons. The lowest BCUT2D eigenvalue weighted by Gasteiger charge is -2.66. The summed E-state index contributed by atoms with van der Waals surface area (Å²) in [5, 5.41) is 20.4. The molecule has 1 aliphatic carbocycles. The summed E-state index contributed by atoms with van der Waals surface area (Å²) in [6.45, 7) is 9.26. The third-order valence-electron chi connectivity index (χ3n) is 6.31. The fraction of sp³-hybridized carbons (Fsp3) is 0.455. The normalized spacial score (nSPS) is 27.0. The predicted molar refractivity (Wildman–Crippen MR) is 114 cm³/mol. The molecule has 2 heterocycles. The molecule has 7 heteroatoms. The minimum Gasteiger partial charge on any atom is -0.489 e. The van der Waals surface area contributed by atoms with Gasteiger partial charge < -0.3 is 9.84 Å². The number of ether oxygens (including phenoxy) is 1. The lowest BCUT2D eigenvalue weighted by molar-refractivity contribution is -0.235. The topological polar surface area (TPSA) is 69.4 Å². The van der Waals surface area contributed by atoms with Gasteiger partial charge in [-0.1, -0.05) is 45.4 Å². The Morgan fingerprint density at radius 2 is 1.93 bits per heavy atom. The zero-order chi connectivity index (χ0) is 21.1. The van der Waals surface area contributed by atoms with Gasteiger partial charge in [0.2, 0.25) is 0 Å². The highest BCUT2D eigenvalue weighted by Crippen LogP contribution is 2.60. The summed E-state index contributed by atoms with van der Waals surface area (Å²) in [5.74, 6) is 0.648. The second kappa shape index (κ2) is 6.95. The maximum atomic E-state index is 11.0. The van der Waals surface area contributed by atoms with Crippen LogP contribution in [0.1, 0.15) is 50.7 Å². The van der Waals surface area contributed by atoms with E-state index in [0.717, 1.165) is 15.9 Å². The van der Waals surface area contributed by atoms with Gasteiger partial charge in [0.05, 0.1) is 16.3 Å². The van der Waals surface area contributed by atoms with Gasteiger partial charge in [-0.25, -0.2) is 4.98 Å². The number of nitriles is 1. The summed E-state index contributed by atoms with van der Waals surface area (Å²) in [6.07, 6.45) is -0.765. The Bertz CT molecular complexity index is 1000. The van der Waals surface area contributed by atoms with Crippen molar-refractivity contribution in [1.29, 1.82) is 5.26 Å². The molecule has 0 amide bonds. The number of nitrogens with zero attached hydrogens (tertiary/aromatic N) is 3. The van der Waals surface area contributed by atoms with Crippen LogP contribution in [0.2, 0.25) is 5.02 Å². The molecule has 29 heavy (non-hydrogen) atoms. The van der Waals surface area contributed by atoms with Crippen LogP contribution in [0.4, 0.5) is 0 Å². The molecule has 0 spiro atoms. The standard InChI is InChI=1S/C22H23BrClN3O2/c1-21(2)19(27-11-16-14(18(27)28)7-8-17(23)26-16)22(3,4)20(21)29-13-6-5-12(10-25)15(24)9-13/h5-9,18-20,28H,11H2,1-4H3/t18?,19-,20-. The van der Waals surface area contributed by atoms with Crippen LogP contribution in [0.15, 0.2) is 34.9 Å². The molecule has 0 radical (unpaired) electrons. The lowest BCUT2D eigenvalue weighted by Crippen LogP contribution is -2.74. The highest BCUT2D eigenvalue weighted by molar-refractivity contribution is 9.10. The van der Waals surface area contributed by atoms with Crippen LogP contribution in [0.25, 0.3) is 0 Å². The molecular weight excluding hydrogens is 454 g/mol. The van der Waals surface area contributed by atoms with Crippen molar-refractivity contribution in [2.24, 2.45) is 10.8 Å². The van der Waals surface area contributed by atoms with Crippen LogP contribution in [0.3, 0.4) is 0 Å². The van der Waals surface area contributed by atoms with Crippen LogP contribution >= 0.6 is 27.5 Å². The molecule has 0 bridgehead atoms. The first-order chi connectivity index (χ1) is 13.6. The SMILES string of the molecule is CC1(C)[C@H](Oc2ccc(C#N)c(Cl)c2)C(C)(C)[C@H]1N1Cc2nc(Br)ccc2C1O. The number of benzene rings is 1. The molecule has 1 unspecified atom stereocenters. The smallest absolute Gasteiger partial charge is 0.136 e. The van der Waals surface area contributed by atoms with Crippen molar-refractivity contribution in [2.45, 2.75) is 52.6 Å². The largest absolute Gasteiger partial charge is 0.489 e. The summed E-state index contributed by atoms with van der Waals surface area (Å²) in [6, 6.07) is 11.1. The molecule has 1 aliphatic heterocycles. The third-order valence-corrected chi connectivity index (χ3v) is 7.06. The average Bonchev–Trinajstić information content (AvgIpc) is 2.94. The maximum Gasteiger partial charge on any atom is 0.136 e. The van der Waals surface area contributed by atoms with Crippen LogP contribution < -0.4 is 4.74 Å². The highest BCUT2D eigenvalue weighted by Gasteiger charge is 2.66. The number of fused-ring (bicyclic) bond motifs is 1. The molecule has 1 atom stereocenters. The maximum absolute atomic E-state index is 11.0. The van der Waals surface area contributed by atoms with E-state index >= 15 is 0 Å². The van der Waals surface area contributed by atoms with Crippen molar-refractivity contribution < 1.29 is 9.84 Å². The van der Waals surface area contributed by atoms with Crippen molar-refractivity contribution in [1.82, 2.24) is 9.88 Å². The quantitative estimate of drug-likeness (QED) is 0.627. The number of pyridine rings is 1. The van der Waals surface area contributed by atoms with Crippen molar-refractivity contribution in [3.05, 3.63) is 56.8 Å². The highest BCUT2D eigenvalue weighted by atomic mass is 79.9. The summed E-state index contributed by atoms with van der Waals surface area (Å²) in [5.41, 5.74) is 1.76. The van der Waals surface area contributed by atoms with Gasteiger partial charge in [-0.2, -0.15) is 5.26 Å². The van der Waals surface area contributed by atoms with Crippen molar-refractivity contribution in [3.63, 3.8) is 0 Å². The second-order valence-electron chi connectivity index (χ2n) is 9.01. The number of hydrogen-bond acceptors (Lipinski definition) is 5. The van der Waals surface area contributed by atoms with Gasteiger partial charge in [-0.05, 0) is 34.1 Å². The number of halogens is 2. The molecule has 1 N–H and O–H groups in total. The summed E-state index contributed by atoms with van der Waals surface area (Å²) >= 11 is 9.60. The van der Waals surface area contributed by atoms with E-state index in [0.29, 0.717) is 22.9 Å². The molecular formula is C22H23BrClN3O2. The first-order valence-electron chi connectivity index (χ1n) is 9.53. The van der Waals surface area contributed by atoms with Crippen molar-refractivity contribution in [3.8, 4) is 11.8 Å². The predicted octanol–water partition coefficient (Wildman–Crippen LogP) is 5.06. The Morgan fingerprint density at radius 3 is 2.55 bits per heavy atom. The van der Waals surface area contributed by atoms with Gasteiger partial charge in [-0.3, -0.25) is 4.90 Å². The van der Waals surface area contributed by atoms with E-state index in [1.807, 2.05) is 12.1 Å². The number of rotatable bonds is 3. The van der Waals surface area contributed by atoms with Crippen LogP contribution in [0.5, 0.6) is 5.75 Å². The zero-order valence-corrected chi connectivity index (χ0v) is 19.1. The van der Waals surface area contributed by atoms with E-state index in [9.17, 15) is 5.11 Å². The molecule has 4 rings (SSSR count). The first-order valence-corrected chi connectivity index (χ1v) is 10.7.